The molecule has 2 rings (SSSR count). The summed E-state index contributed by atoms with van der Waals surface area (Å²) >= 11 is 0. The van der Waals surface area contributed by atoms with E-state index in [1.807, 2.05) is 6.92 Å². The van der Waals surface area contributed by atoms with Crippen LogP contribution in [-0.2, 0) is 0 Å². The first-order valence-electron chi connectivity index (χ1n) is 7.04. The molecule has 23 heavy (non-hydrogen) atoms. The maximum atomic E-state index is 12.8. The summed E-state index contributed by atoms with van der Waals surface area (Å²) < 4.78 is 12.8. The third-order valence-electron chi connectivity index (χ3n) is 2.68. The topological polar surface area (TPSA) is 84.0 Å². The SMILES string of the molecule is C#CC(NCCC)Nc1ncnc(NOc2ccc(F)cc2)n1. The maximum absolute atomic E-state index is 12.8. The number of aromatic nitrogens is 3. The Hall–Kier alpha value is -2.92. The molecule has 8 heteroatoms. The number of halogens is 1. The average Bonchev–Trinajstić information content (AvgIpc) is 2.58. The molecule has 0 spiro atoms. The van der Waals surface area contributed by atoms with Gasteiger partial charge in [0.2, 0.25) is 5.95 Å². The molecule has 0 radical (unpaired) electrons. The van der Waals surface area contributed by atoms with E-state index in [-0.39, 0.29) is 17.9 Å². The lowest BCUT2D eigenvalue weighted by Crippen LogP contribution is -2.36. The van der Waals surface area contributed by atoms with Crippen LogP contribution in [0.1, 0.15) is 13.3 Å². The summed E-state index contributed by atoms with van der Waals surface area (Å²) in [5, 5.41) is 6.07. The third kappa shape index (κ3) is 5.41. The third-order valence-corrected chi connectivity index (χ3v) is 2.68. The Morgan fingerprint density at radius 2 is 2.00 bits per heavy atom. The molecular formula is C15H17FN6O. The Bertz CT molecular complexity index is 658. The lowest BCUT2D eigenvalue weighted by atomic mass is 10.3. The highest BCUT2D eigenvalue weighted by Crippen LogP contribution is 2.12. The second kappa shape index (κ2) is 8.51. The van der Waals surface area contributed by atoms with E-state index in [0.29, 0.717) is 11.7 Å². The monoisotopic (exact) mass is 316 g/mol. The summed E-state index contributed by atoms with van der Waals surface area (Å²) in [7, 11) is 0. The van der Waals surface area contributed by atoms with E-state index >= 15 is 0 Å². The molecule has 0 saturated carbocycles. The predicted molar refractivity (Wildman–Crippen MR) is 85.0 cm³/mol. The van der Waals surface area contributed by atoms with Crippen molar-refractivity contribution in [3.8, 4) is 18.1 Å². The molecule has 1 heterocycles. The van der Waals surface area contributed by atoms with E-state index in [0.717, 1.165) is 13.0 Å². The van der Waals surface area contributed by atoms with Crippen molar-refractivity contribution < 1.29 is 9.23 Å². The molecule has 3 N–H and O–H groups in total. The minimum Gasteiger partial charge on any atom is -0.379 e. The summed E-state index contributed by atoms with van der Waals surface area (Å²) in [5.74, 6) is 3.13. The Morgan fingerprint density at radius 1 is 1.26 bits per heavy atom. The molecule has 0 aliphatic carbocycles. The number of nitrogens with zero attached hydrogens (tertiary/aromatic N) is 3. The number of hydrogen-bond acceptors (Lipinski definition) is 7. The normalized spacial score (nSPS) is 11.3. The minimum absolute atomic E-state index is 0.193. The summed E-state index contributed by atoms with van der Waals surface area (Å²) in [6.45, 7) is 2.81. The van der Waals surface area contributed by atoms with Crippen molar-refractivity contribution in [1.82, 2.24) is 20.3 Å². The van der Waals surface area contributed by atoms with Crippen LogP contribution in [0.5, 0.6) is 5.75 Å². The van der Waals surface area contributed by atoms with Crippen molar-refractivity contribution in [1.29, 1.82) is 0 Å². The van der Waals surface area contributed by atoms with Gasteiger partial charge in [0.05, 0.1) is 0 Å². The van der Waals surface area contributed by atoms with E-state index in [1.165, 1.54) is 30.6 Å². The largest absolute Gasteiger partial charge is 0.379 e. The molecule has 0 aliphatic heterocycles. The van der Waals surface area contributed by atoms with Crippen LogP contribution in [-0.4, -0.2) is 27.7 Å². The van der Waals surface area contributed by atoms with Gasteiger partial charge in [-0.1, -0.05) is 12.8 Å². The van der Waals surface area contributed by atoms with Crippen LogP contribution in [0.3, 0.4) is 0 Å². The molecule has 0 bridgehead atoms. The van der Waals surface area contributed by atoms with Gasteiger partial charge in [-0.3, -0.25) is 5.32 Å². The van der Waals surface area contributed by atoms with E-state index in [4.69, 9.17) is 11.3 Å². The van der Waals surface area contributed by atoms with Crippen molar-refractivity contribution in [2.75, 3.05) is 17.3 Å². The molecular weight excluding hydrogens is 299 g/mol. The Balaban J connectivity index is 1.93. The number of benzene rings is 1. The van der Waals surface area contributed by atoms with Gasteiger partial charge >= 0.3 is 0 Å². The van der Waals surface area contributed by atoms with Crippen LogP contribution < -0.4 is 21.0 Å². The fraction of sp³-hybridized carbons (Fsp3) is 0.267. The van der Waals surface area contributed by atoms with E-state index in [2.05, 4.69) is 37.0 Å². The highest BCUT2D eigenvalue weighted by molar-refractivity contribution is 5.35. The van der Waals surface area contributed by atoms with E-state index in [1.54, 1.807) is 0 Å². The van der Waals surface area contributed by atoms with E-state index < -0.39 is 0 Å². The molecule has 1 aromatic carbocycles. The number of nitrogens with one attached hydrogen (secondary N) is 3. The standard InChI is InChI=1S/C15H17FN6O/c1-3-9-17-13(4-2)20-14-18-10-19-15(21-14)22-23-12-7-5-11(16)6-8-12/h2,5-8,10,13,17H,3,9H2,1H3,(H2,18,19,20,21,22). The first kappa shape index (κ1) is 16.5. The minimum atomic E-state index is -0.386. The second-order valence-electron chi connectivity index (χ2n) is 4.49. The summed E-state index contributed by atoms with van der Waals surface area (Å²) in [4.78, 5) is 17.3. The summed E-state index contributed by atoms with van der Waals surface area (Å²) in [6.07, 6.45) is 7.32. The van der Waals surface area contributed by atoms with Crippen LogP contribution in [0, 0.1) is 18.2 Å². The van der Waals surface area contributed by atoms with Gasteiger partial charge in [0.1, 0.15) is 18.3 Å². The van der Waals surface area contributed by atoms with Gasteiger partial charge in [-0.05, 0) is 37.2 Å². The average molecular weight is 316 g/mol. The first-order chi connectivity index (χ1) is 11.2. The van der Waals surface area contributed by atoms with Crippen molar-refractivity contribution >= 4 is 11.9 Å². The second-order valence-corrected chi connectivity index (χ2v) is 4.49. The van der Waals surface area contributed by atoms with Gasteiger partial charge in [0, 0.05) is 0 Å². The number of terminal acetylenes is 1. The molecule has 0 saturated heterocycles. The molecule has 0 aliphatic rings. The summed E-state index contributed by atoms with van der Waals surface area (Å²) in [5.41, 5.74) is 2.56. The lowest BCUT2D eigenvalue weighted by molar-refractivity contribution is 0.398. The van der Waals surface area contributed by atoms with Gasteiger partial charge in [-0.15, -0.1) is 6.42 Å². The highest BCUT2D eigenvalue weighted by atomic mass is 19.1. The van der Waals surface area contributed by atoms with E-state index in [9.17, 15) is 4.39 Å². The molecule has 7 nitrogen and oxygen atoms in total. The molecule has 2 aromatic rings. The van der Waals surface area contributed by atoms with Crippen LogP contribution in [0.4, 0.5) is 16.3 Å². The fourth-order valence-electron chi connectivity index (χ4n) is 1.59. The van der Waals surface area contributed by atoms with Crippen molar-refractivity contribution in [2.24, 2.45) is 0 Å². The fourth-order valence-corrected chi connectivity index (χ4v) is 1.59. The predicted octanol–water partition coefficient (Wildman–Crippen LogP) is 1.79. The first-order valence-corrected chi connectivity index (χ1v) is 7.04. The Labute approximate surface area is 133 Å². The van der Waals surface area contributed by atoms with Crippen LogP contribution >= 0.6 is 0 Å². The molecule has 1 aromatic heterocycles. The van der Waals surface area contributed by atoms with Crippen molar-refractivity contribution in [3.63, 3.8) is 0 Å². The Morgan fingerprint density at radius 3 is 2.70 bits per heavy atom. The maximum Gasteiger partial charge on any atom is 0.261 e. The highest BCUT2D eigenvalue weighted by Gasteiger charge is 2.07. The molecule has 0 amide bonds. The smallest absolute Gasteiger partial charge is 0.261 e. The number of anilines is 2. The molecule has 120 valence electrons. The summed E-state index contributed by atoms with van der Waals surface area (Å²) in [6, 6.07) is 5.53. The van der Waals surface area contributed by atoms with Gasteiger partial charge in [-0.2, -0.15) is 15.4 Å². The zero-order valence-corrected chi connectivity index (χ0v) is 12.6. The quantitative estimate of drug-likeness (QED) is 0.389. The lowest BCUT2D eigenvalue weighted by Gasteiger charge is -2.14. The Kier molecular flexibility index (Phi) is 6.08. The van der Waals surface area contributed by atoms with Crippen molar-refractivity contribution in [2.45, 2.75) is 19.5 Å². The van der Waals surface area contributed by atoms with Gasteiger partial charge in [0.25, 0.3) is 5.95 Å². The molecule has 1 unspecified atom stereocenters. The number of rotatable bonds is 8. The van der Waals surface area contributed by atoms with Crippen LogP contribution in [0.2, 0.25) is 0 Å². The van der Waals surface area contributed by atoms with Gasteiger partial charge < -0.3 is 10.2 Å². The van der Waals surface area contributed by atoms with Crippen molar-refractivity contribution in [3.05, 3.63) is 36.4 Å². The van der Waals surface area contributed by atoms with Gasteiger partial charge in [-0.25, -0.2) is 9.37 Å². The molecule has 1 atom stereocenters. The van der Waals surface area contributed by atoms with Crippen LogP contribution in [0.15, 0.2) is 30.6 Å². The van der Waals surface area contributed by atoms with Crippen LogP contribution in [0.25, 0.3) is 0 Å². The molecule has 0 fully saturated rings. The number of hydrogen-bond donors (Lipinski definition) is 3. The zero-order chi connectivity index (χ0) is 16.5. The zero-order valence-electron chi connectivity index (χ0n) is 12.6. The van der Waals surface area contributed by atoms with Gasteiger partial charge in [0.15, 0.2) is 5.75 Å².